The molecule has 0 saturated carbocycles. The smallest absolute Gasteiger partial charge is 0.242 e. The molecule has 80 valence electrons. The van der Waals surface area contributed by atoms with Crippen molar-refractivity contribution in [2.45, 2.75) is 20.3 Å². The van der Waals surface area contributed by atoms with Gasteiger partial charge in [-0.05, 0) is 12.3 Å². The summed E-state index contributed by atoms with van der Waals surface area (Å²) in [6, 6.07) is 0. The normalized spacial score (nSPS) is 18.3. The number of hydrogen-bond acceptors (Lipinski definition) is 2. The van der Waals surface area contributed by atoms with Gasteiger partial charge in [0, 0.05) is 13.6 Å². The Morgan fingerprint density at radius 3 is 2.43 bits per heavy atom. The van der Waals surface area contributed by atoms with Crippen LogP contribution in [0.4, 0.5) is 0 Å². The molecule has 0 unspecified atom stereocenters. The summed E-state index contributed by atoms with van der Waals surface area (Å²) >= 11 is 0. The molecule has 2 amide bonds. The van der Waals surface area contributed by atoms with E-state index in [2.05, 4.69) is 13.8 Å². The highest BCUT2D eigenvalue weighted by Crippen LogP contribution is 2.07. The van der Waals surface area contributed by atoms with Crippen LogP contribution in [0.2, 0.25) is 0 Å². The minimum atomic E-state index is 0.0355. The molecule has 0 N–H and O–H groups in total. The second kappa shape index (κ2) is 4.44. The molecule has 4 nitrogen and oxygen atoms in total. The van der Waals surface area contributed by atoms with Crippen LogP contribution in [0.5, 0.6) is 0 Å². The van der Waals surface area contributed by atoms with Crippen molar-refractivity contribution < 1.29 is 9.59 Å². The van der Waals surface area contributed by atoms with Gasteiger partial charge in [0.15, 0.2) is 0 Å². The maximum atomic E-state index is 11.5. The van der Waals surface area contributed by atoms with E-state index in [0.717, 1.165) is 6.42 Å². The first-order valence-corrected chi connectivity index (χ1v) is 5.02. The first kappa shape index (κ1) is 11.0. The van der Waals surface area contributed by atoms with Crippen LogP contribution < -0.4 is 0 Å². The highest BCUT2D eigenvalue weighted by molar-refractivity contribution is 5.92. The quantitative estimate of drug-likeness (QED) is 0.656. The maximum absolute atomic E-state index is 11.5. The van der Waals surface area contributed by atoms with E-state index >= 15 is 0 Å². The van der Waals surface area contributed by atoms with Crippen molar-refractivity contribution in [3.05, 3.63) is 0 Å². The third-order valence-electron chi connectivity index (χ3n) is 2.45. The maximum Gasteiger partial charge on any atom is 0.242 e. The number of amides is 2. The fraction of sp³-hybridized carbons (Fsp3) is 0.800. The molecule has 0 aromatic carbocycles. The molecule has 1 heterocycles. The van der Waals surface area contributed by atoms with Gasteiger partial charge in [0.2, 0.25) is 11.8 Å². The van der Waals surface area contributed by atoms with E-state index in [-0.39, 0.29) is 24.9 Å². The van der Waals surface area contributed by atoms with Gasteiger partial charge in [-0.2, -0.15) is 0 Å². The Hall–Kier alpha value is -1.06. The van der Waals surface area contributed by atoms with Crippen molar-refractivity contribution in [2.75, 3.05) is 26.7 Å². The van der Waals surface area contributed by atoms with Crippen molar-refractivity contribution in [1.82, 2.24) is 9.80 Å². The van der Waals surface area contributed by atoms with Gasteiger partial charge in [-0.25, -0.2) is 0 Å². The molecule has 4 heteroatoms. The summed E-state index contributed by atoms with van der Waals surface area (Å²) < 4.78 is 0. The fourth-order valence-electron chi connectivity index (χ4n) is 1.38. The first-order valence-electron chi connectivity index (χ1n) is 5.02. The van der Waals surface area contributed by atoms with Gasteiger partial charge in [-0.3, -0.25) is 9.59 Å². The third kappa shape index (κ3) is 2.72. The van der Waals surface area contributed by atoms with E-state index < -0.39 is 0 Å². The van der Waals surface area contributed by atoms with E-state index in [1.807, 2.05) is 0 Å². The zero-order chi connectivity index (χ0) is 10.7. The standard InChI is InChI=1S/C10H18N2O2/c1-8(2)4-5-12-7-9(13)11(3)6-10(12)14/h8H,4-7H2,1-3H3. The van der Waals surface area contributed by atoms with Crippen LogP contribution in [0.1, 0.15) is 20.3 Å². The molecule has 0 aromatic rings. The topological polar surface area (TPSA) is 40.6 Å². The highest BCUT2D eigenvalue weighted by atomic mass is 16.2. The molecule has 0 bridgehead atoms. The lowest BCUT2D eigenvalue weighted by Crippen LogP contribution is -2.52. The largest absolute Gasteiger partial charge is 0.335 e. The monoisotopic (exact) mass is 198 g/mol. The van der Waals surface area contributed by atoms with Crippen molar-refractivity contribution in [1.29, 1.82) is 0 Å². The Bertz CT molecular complexity index is 238. The first-order chi connectivity index (χ1) is 6.50. The lowest BCUT2D eigenvalue weighted by atomic mass is 10.1. The average Bonchev–Trinajstić information content (AvgIpc) is 2.09. The Morgan fingerprint density at radius 1 is 1.21 bits per heavy atom. The molecular formula is C10H18N2O2. The van der Waals surface area contributed by atoms with Crippen LogP contribution >= 0.6 is 0 Å². The lowest BCUT2D eigenvalue weighted by molar-refractivity contribution is -0.148. The molecule has 1 rings (SSSR count). The summed E-state index contributed by atoms with van der Waals surface area (Å²) in [5, 5.41) is 0. The number of hydrogen-bond donors (Lipinski definition) is 0. The summed E-state index contributed by atoms with van der Waals surface area (Å²) in [4.78, 5) is 26.0. The average molecular weight is 198 g/mol. The van der Waals surface area contributed by atoms with Crippen molar-refractivity contribution in [3.8, 4) is 0 Å². The van der Waals surface area contributed by atoms with Gasteiger partial charge in [0.1, 0.15) is 0 Å². The number of carbonyl (C=O) groups excluding carboxylic acids is 2. The third-order valence-corrected chi connectivity index (χ3v) is 2.45. The van der Waals surface area contributed by atoms with Gasteiger partial charge in [0.25, 0.3) is 0 Å². The summed E-state index contributed by atoms with van der Waals surface area (Å²) in [5.41, 5.74) is 0. The van der Waals surface area contributed by atoms with E-state index in [9.17, 15) is 9.59 Å². The minimum absolute atomic E-state index is 0.0355. The molecule has 0 spiro atoms. The van der Waals surface area contributed by atoms with Gasteiger partial charge < -0.3 is 9.80 Å². The number of piperazine rings is 1. The second-order valence-electron chi connectivity index (χ2n) is 4.25. The molecule has 14 heavy (non-hydrogen) atoms. The number of carbonyl (C=O) groups is 2. The van der Waals surface area contributed by atoms with Crippen LogP contribution in [0, 0.1) is 5.92 Å². The minimum Gasteiger partial charge on any atom is -0.335 e. The van der Waals surface area contributed by atoms with Crippen LogP contribution in [0.3, 0.4) is 0 Å². The molecule has 1 aliphatic rings. The number of rotatable bonds is 3. The lowest BCUT2D eigenvalue weighted by Gasteiger charge is -2.31. The molecule has 1 fully saturated rings. The molecule has 1 saturated heterocycles. The van der Waals surface area contributed by atoms with Crippen molar-refractivity contribution in [2.24, 2.45) is 5.92 Å². The van der Waals surface area contributed by atoms with Crippen LogP contribution in [-0.4, -0.2) is 48.3 Å². The van der Waals surface area contributed by atoms with Gasteiger partial charge in [-0.1, -0.05) is 13.8 Å². The van der Waals surface area contributed by atoms with Crippen LogP contribution in [0.25, 0.3) is 0 Å². The molecule has 0 atom stereocenters. The molecule has 0 aliphatic carbocycles. The van der Waals surface area contributed by atoms with E-state index in [0.29, 0.717) is 12.5 Å². The van der Waals surface area contributed by atoms with Crippen LogP contribution in [-0.2, 0) is 9.59 Å². The molecule has 0 radical (unpaired) electrons. The predicted octanol–water partition coefficient (Wildman–Crippen LogP) is 0.333. The van der Waals surface area contributed by atoms with E-state index in [1.165, 1.54) is 4.90 Å². The summed E-state index contributed by atoms with van der Waals surface area (Å²) in [6.07, 6.45) is 0.961. The Labute approximate surface area is 84.9 Å². The Balaban J connectivity index is 2.45. The van der Waals surface area contributed by atoms with E-state index in [4.69, 9.17) is 0 Å². The Morgan fingerprint density at radius 2 is 1.86 bits per heavy atom. The fourth-order valence-corrected chi connectivity index (χ4v) is 1.38. The number of nitrogens with zero attached hydrogens (tertiary/aromatic N) is 2. The highest BCUT2D eigenvalue weighted by Gasteiger charge is 2.26. The zero-order valence-electron chi connectivity index (χ0n) is 9.12. The van der Waals surface area contributed by atoms with Gasteiger partial charge in [0.05, 0.1) is 13.1 Å². The Kier molecular flexibility index (Phi) is 3.49. The number of likely N-dealkylation sites (N-methyl/N-ethyl adjacent to an activating group) is 1. The van der Waals surface area contributed by atoms with Crippen molar-refractivity contribution >= 4 is 11.8 Å². The predicted molar refractivity (Wildman–Crippen MR) is 53.7 cm³/mol. The van der Waals surface area contributed by atoms with E-state index in [1.54, 1.807) is 11.9 Å². The van der Waals surface area contributed by atoms with Gasteiger partial charge in [-0.15, -0.1) is 0 Å². The van der Waals surface area contributed by atoms with Gasteiger partial charge >= 0.3 is 0 Å². The molecular weight excluding hydrogens is 180 g/mol. The summed E-state index contributed by atoms with van der Waals surface area (Å²) in [6.45, 7) is 5.42. The van der Waals surface area contributed by atoms with Crippen LogP contribution in [0.15, 0.2) is 0 Å². The van der Waals surface area contributed by atoms with Crippen molar-refractivity contribution in [3.63, 3.8) is 0 Å². The second-order valence-corrected chi connectivity index (χ2v) is 4.25. The molecule has 1 aliphatic heterocycles. The zero-order valence-corrected chi connectivity index (χ0v) is 9.12. The molecule has 0 aromatic heterocycles. The SMILES string of the molecule is CC(C)CCN1CC(=O)N(C)CC1=O. The summed E-state index contributed by atoms with van der Waals surface area (Å²) in [5.74, 6) is 0.665. The summed E-state index contributed by atoms with van der Waals surface area (Å²) in [7, 11) is 1.67.